The van der Waals surface area contributed by atoms with E-state index >= 15 is 0 Å². The molecule has 15 heavy (non-hydrogen) atoms. The van der Waals surface area contributed by atoms with Crippen molar-refractivity contribution in [2.45, 2.75) is 39.2 Å². The Balaban J connectivity index is 2.24. The summed E-state index contributed by atoms with van der Waals surface area (Å²) in [7, 11) is 1.99. The Morgan fingerprint density at radius 3 is 2.87 bits per heavy atom. The highest BCUT2D eigenvalue weighted by molar-refractivity contribution is 4.87. The fourth-order valence-electron chi connectivity index (χ4n) is 2.25. The minimum Gasteiger partial charge on any atom is -0.316 e. The van der Waals surface area contributed by atoms with Crippen LogP contribution in [-0.2, 0) is 0 Å². The van der Waals surface area contributed by atoms with E-state index in [9.17, 15) is 0 Å². The Bertz CT molecular complexity index is 187. The van der Waals surface area contributed by atoms with E-state index < -0.39 is 0 Å². The molecule has 0 bridgehead atoms. The smallest absolute Gasteiger partial charge is 0.0131 e. The maximum Gasteiger partial charge on any atom is 0.0131 e. The second-order valence-electron chi connectivity index (χ2n) is 4.86. The fourth-order valence-corrected chi connectivity index (χ4v) is 2.25. The summed E-state index contributed by atoms with van der Waals surface area (Å²) in [6.45, 7) is 8.20. The van der Waals surface area contributed by atoms with E-state index in [4.69, 9.17) is 0 Å². The number of likely N-dealkylation sites (tertiary alicyclic amines) is 1. The lowest BCUT2D eigenvalue weighted by Crippen LogP contribution is -2.39. The van der Waals surface area contributed by atoms with E-state index in [0.717, 1.165) is 12.5 Å². The third kappa shape index (κ3) is 4.80. The molecule has 1 N–H and O–H groups in total. The summed E-state index contributed by atoms with van der Waals surface area (Å²) in [5, 5.41) is 3.14. The molecule has 1 rings (SSSR count). The van der Waals surface area contributed by atoms with Gasteiger partial charge in [0.2, 0.25) is 0 Å². The van der Waals surface area contributed by atoms with E-state index in [2.05, 4.69) is 36.2 Å². The number of rotatable bonds is 5. The summed E-state index contributed by atoms with van der Waals surface area (Å²) in [5.41, 5.74) is 0. The Morgan fingerprint density at radius 2 is 2.20 bits per heavy atom. The van der Waals surface area contributed by atoms with Gasteiger partial charge in [0, 0.05) is 19.1 Å². The largest absolute Gasteiger partial charge is 0.316 e. The predicted octanol–water partition coefficient (Wildman–Crippen LogP) is 2.27. The van der Waals surface area contributed by atoms with Crippen molar-refractivity contribution < 1.29 is 0 Å². The first-order valence-corrected chi connectivity index (χ1v) is 6.27. The standard InChI is InChI=1S/C13H26N2/c1-12(2)15-10-6-8-13(11-15)7-4-5-9-14-3/h4-5,12-14H,6-11H2,1-3H3/b5-4-. The van der Waals surface area contributed by atoms with Crippen LogP contribution in [-0.4, -0.2) is 37.6 Å². The maximum atomic E-state index is 3.14. The molecule has 1 aliphatic heterocycles. The van der Waals surface area contributed by atoms with Crippen LogP contribution in [0.1, 0.15) is 33.1 Å². The normalized spacial score (nSPS) is 24.1. The Labute approximate surface area is 94.7 Å². The zero-order chi connectivity index (χ0) is 11.1. The van der Waals surface area contributed by atoms with Crippen LogP contribution in [0, 0.1) is 5.92 Å². The topological polar surface area (TPSA) is 15.3 Å². The first-order valence-electron chi connectivity index (χ1n) is 6.27. The van der Waals surface area contributed by atoms with E-state index in [1.165, 1.54) is 32.4 Å². The van der Waals surface area contributed by atoms with Gasteiger partial charge in [-0.05, 0) is 52.6 Å². The molecule has 0 aromatic heterocycles. The average molecular weight is 210 g/mol. The highest BCUT2D eigenvalue weighted by Crippen LogP contribution is 2.21. The van der Waals surface area contributed by atoms with Crippen LogP contribution < -0.4 is 5.32 Å². The molecule has 0 aromatic carbocycles. The van der Waals surface area contributed by atoms with Gasteiger partial charge in [-0.15, -0.1) is 0 Å². The molecule has 1 saturated heterocycles. The van der Waals surface area contributed by atoms with Crippen LogP contribution in [0.5, 0.6) is 0 Å². The Kier molecular flexibility index (Phi) is 5.96. The van der Waals surface area contributed by atoms with Crippen molar-refractivity contribution in [2.75, 3.05) is 26.7 Å². The maximum absolute atomic E-state index is 3.14. The van der Waals surface area contributed by atoms with Crippen molar-refractivity contribution in [3.63, 3.8) is 0 Å². The minimum atomic E-state index is 0.717. The van der Waals surface area contributed by atoms with Crippen molar-refractivity contribution in [3.05, 3.63) is 12.2 Å². The molecular weight excluding hydrogens is 184 g/mol. The number of hydrogen-bond acceptors (Lipinski definition) is 2. The molecule has 0 saturated carbocycles. The molecule has 2 heteroatoms. The van der Waals surface area contributed by atoms with E-state index in [1.807, 2.05) is 7.05 Å². The Morgan fingerprint density at radius 1 is 1.40 bits per heavy atom. The molecule has 0 radical (unpaired) electrons. The van der Waals surface area contributed by atoms with Gasteiger partial charge in [-0.3, -0.25) is 0 Å². The molecule has 1 unspecified atom stereocenters. The SMILES string of the molecule is CNC/C=C\CC1CCCN(C(C)C)C1. The van der Waals surface area contributed by atoms with Gasteiger partial charge in [0.05, 0.1) is 0 Å². The summed E-state index contributed by atoms with van der Waals surface area (Å²) in [4.78, 5) is 2.61. The van der Waals surface area contributed by atoms with E-state index in [-0.39, 0.29) is 0 Å². The highest BCUT2D eigenvalue weighted by atomic mass is 15.1. The molecular formula is C13H26N2. The number of hydrogen-bond donors (Lipinski definition) is 1. The molecule has 0 amide bonds. The summed E-state index contributed by atoms with van der Waals surface area (Å²) in [6, 6.07) is 0.717. The summed E-state index contributed by atoms with van der Waals surface area (Å²) >= 11 is 0. The zero-order valence-corrected chi connectivity index (χ0v) is 10.5. The number of nitrogens with one attached hydrogen (secondary N) is 1. The summed E-state index contributed by atoms with van der Waals surface area (Å²) in [6.07, 6.45) is 8.63. The van der Waals surface area contributed by atoms with Gasteiger partial charge in [0.1, 0.15) is 0 Å². The van der Waals surface area contributed by atoms with Crippen LogP contribution in [0.2, 0.25) is 0 Å². The number of piperidine rings is 1. The fraction of sp³-hybridized carbons (Fsp3) is 0.846. The van der Waals surface area contributed by atoms with Crippen LogP contribution in [0.4, 0.5) is 0 Å². The lowest BCUT2D eigenvalue weighted by Gasteiger charge is -2.35. The summed E-state index contributed by atoms with van der Waals surface area (Å²) in [5.74, 6) is 0.884. The monoisotopic (exact) mass is 210 g/mol. The van der Waals surface area contributed by atoms with Gasteiger partial charge in [0.15, 0.2) is 0 Å². The number of likely N-dealkylation sites (N-methyl/N-ethyl adjacent to an activating group) is 1. The Hall–Kier alpha value is -0.340. The number of allylic oxidation sites excluding steroid dienone is 1. The third-order valence-electron chi connectivity index (χ3n) is 3.24. The molecule has 1 heterocycles. The zero-order valence-electron chi connectivity index (χ0n) is 10.5. The third-order valence-corrected chi connectivity index (χ3v) is 3.24. The van der Waals surface area contributed by atoms with Gasteiger partial charge in [-0.2, -0.15) is 0 Å². The summed E-state index contributed by atoms with van der Waals surface area (Å²) < 4.78 is 0. The average Bonchev–Trinajstić information content (AvgIpc) is 2.25. The van der Waals surface area contributed by atoms with Crippen molar-refractivity contribution in [2.24, 2.45) is 5.92 Å². The lowest BCUT2D eigenvalue weighted by molar-refractivity contribution is 0.141. The molecule has 0 aromatic rings. The quantitative estimate of drug-likeness (QED) is 0.700. The van der Waals surface area contributed by atoms with Gasteiger partial charge in [-0.25, -0.2) is 0 Å². The van der Waals surface area contributed by atoms with Crippen LogP contribution in [0.15, 0.2) is 12.2 Å². The van der Waals surface area contributed by atoms with Gasteiger partial charge in [0.25, 0.3) is 0 Å². The molecule has 0 spiro atoms. The van der Waals surface area contributed by atoms with Crippen molar-refractivity contribution in [1.29, 1.82) is 0 Å². The molecule has 1 aliphatic rings. The minimum absolute atomic E-state index is 0.717. The predicted molar refractivity (Wildman–Crippen MR) is 67.1 cm³/mol. The van der Waals surface area contributed by atoms with Gasteiger partial charge >= 0.3 is 0 Å². The second kappa shape index (κ2) is 7.02. The van der Waals surface area contributed by atoms with Crippen LogP contribution >= 0.6 is 0 Å². The first-order chi connectivity index (χ1) is 7.24. The highest BCUT2D eigenvalue weighted by Gasteiger charge is 2.20. The second-order valence-corrected chi connectivity index (χ2v) is 4.86. The van der Waals surface area contributed by atoms with E-state index in [0.29, 0.717) is 6.04 Å². The van der Waals surface area contributed by atoms with E-state index in [1.54, 1.807) is 0 Å². The number of nitrogens with zero attached hydrogens (tertiary/aromatic N) is 1. The first kappa shape index (κ1) is 12.7. The molecule has 1 fully saturated rings. The molecule has 1 atom stereocenters. The molecule has 2 nitrogen and oxygen atoms in total. The lowest BCUT2D eigenvalue weighted by atomic mass is 9.94. The van der Waals surface area contributed by atoms with Crippen LogP contribution in [0.3, 0.4) is 0 Å². The van der Waals surface area contributed by atoms with Crippen LogP contribution in [0.25, 0.3) is 0 Å². The molecule has 88 valence electrons. The van der Waals surface area contributed by atoms with Crippen molar-refractivity contribution >= 4 is 0 Å². The van der Waals surface area contributed by atoms with Gasteiger partial charge < -0.3 is 10.2 Å². The van der Waals surface area contributed by atoms with Gasteiger partial charge in [-0.1, -0.05) is 12.2 Å². The molecule has 0 aliphatic carbocycles. The van der Waals surface area contributed by atoms with Crippen molar-refractivity contribution in [1.82, 2.24) is 10.2 Å². The van der Waals surface area contributed by atoms with Crippen molar-refractivity contribution in [3.8, 4) is 0 Å².